The van der Waals surface area contributed by atoms with Gasteiger partial charge < -0.3 is 19.9 Å². The van der Waals surface area contributed by atoms with Crippen LogP contribution in [0.1, 0.15) is 51.9 Å². The van der Waals surface area contributed by atoms with E-state index in [-0.39, 0.29) is 11.9 Å². The number of esters is 1. The quantitative estimate of drug-likeness (QED) is 0.444. The zero-order valence-corrected chi connectivity index (χ0v) is 17.2. The summed E-state index contributed by atoms with van der Waals surface area (Å²) in [5.41, 5.74) is 0. The summed E-state index contributed by atoms with van der Waals surface area (Å²) in [6, 6.07) is 0.545. The number of piperidine rings is 1. The van der Waals surface area contributed by atoms with Crippen LogP contribution >= 0.6 is 0 Å². The van der Waals surface area contributed by atoms with Crippen LogP contribution in [0.15, 0.2) is 4.99 Å². The lowest BCUT2D eigenvalue weighted by Gasteiger charge is -2.37. The van der Waals surface area contributed by atoms with Gasteiger partial charge in [-0.1, -0.05) is 19.3 Å². The lowest BCUT2D eigenvalue weighted by atomic mass is 9.83. The van der Waals surface area contributed by atoms with E-state index in [1.807, 2.05) is 14.0 Å². The van der Waals surface area contributed by atoms with Crippen LogP contribution in [-0.4, -0.2) is 75.2 Å². The van der Waals surface area contributed by atoms with E-state index >= 15 is 0 Å². The van der Waals surface area contributed by atoms with E-state index in [2.05, 4.69) is 34.2 Å². The SMILES string of the molecule is CCOC(=O)C1CCN(C(=NC)NCC(C2CCCCC2)N(C)C)CC1. The van der Waals surface area contributed by atoms with Crippen molar-refractivity contribution in [3.05, 3.63) is 0 Å². The van der Waals surface area contributed by atoms with Crippen LogP contribution in [0, 0.1) is 11.8 Å². The van der Waals surface area contributed by atoms with E-state index < -0.39 is 0 Å². The van der Waals surface area contributed by atoms with Gasteiger partial charge in [0.1, 0.15) is 0 Å². The predicted octanol–water partition coefficient (Wildman–Crippen LogP) is 2.35. The molecule has 1 aliphatic carbocycles. The van der Waals surface area contributed by atoms with Crippen LogP contribution in [0.25, 0.3) is 0 Å². The third-order valence-corrected chi connectivity index (χ3v) is 5.95. The zero-order chi connectivity index (χ0) is 18.9. The van der Waals surface area contributed by atoms with Gasteiger partial charge in [-0.15, -0.1) is 0 Å². The Balaban J connectivity index is 1.84. The summed E-state index contributed by atoms with van der Waals surface area (Å²) in [4.78, 5) is 21.1. The second-order valence-electron chi connectivity index (χ2n) is 7.87. The monoisotopic (exact) mass is 366 g/mol. The summed E-state index contributed by atoms with van der Waals surface area (Å²) in [6.07, 6.45) is 8.50. The van der Waals surface area contributed by atoms with Crippen LogP contribution in [0.5, 0.6) is 0 Å². The number of rotatable bonds is 6. The summed E-state index contributed by atoms with van der Waals surface area (Å²) in [7, 11) is 6.23. The average Bonchev–Trinajstić information content (AvgIpc) is 2.66. The lowest BCUT2D eigenvalue weighted by molar-refractivity contribution is -0.149. The van der Waals surface area contributed by atoms with Gasteiger partial charge in [0.15, 0.2) is 5.96 Å². The smallest absolute Gasteiger partial charge is 0.309 e. The van der Waals surface area contributed by atoms with Crippen molar-refractivity contribution >= 4 is 11.9 Å². The topological polar surface area (TPSA) is 57.2 Å². The number of carbonyl (C=O) groups excluding carboxylic acids is 1. The Hall–Kier alpha value is -1.30. The van der Waals surface area contributed by atoms with E-state index in [0.29, 0.717) is 12.6 Å². The third-order valence-electron chi connectivity index (χ3n) is 5.95. The van der Waals surface area contributed by atoms with Crippen molar-refractivity contribution in [2.45, 2.75) is 57.9 Å². The summed E-state index contributed by atoms with van der Waals surface area (Å²) in [6.45, 7) is 4.99. The molecule has 150 valence electrons. The maximum atomic E-state index is 11.9. The molecule has 1 atom stereocenters. The summed E-state index contributed by atoms with van der Waals surface area (Å²) >= 11 is 0. The minimum atomic E-state index is -0.0416. The van der Waals surface area contributed by atoms with Crippen molar-refractivity contribution < 1.29 is 9.53 Å². The Morgan fingerprint density at radius 3 is 2.38 bits per heavy atom. The van der Waals surface area contributed by atoms with Gasteiger partial charge in [0.2, 0.25) is 0 Å². The number of hydrogen-bond donors (Lipinski definition) is 1. The van der Waals surface area contributed by atoms with Crippen LogP contribution in [0.4, 0.5) is 0 Å². The Morgan fingerprint density at radius 1 is 1.19 bits per heavy atom. The molecule has 0 radical (unpaired) electrons. The van der Waals surface area contributed by atoms with E-state index in [0.717, 1.165) is 44.4 Å². The highest BCUT2D eigenvalue weighted by atomic mass is 16.5. The van der Waals surface area contributed by atoms with Crippen molar-refractivity contribution in [2.75, 3.05) is 47.4 Å². The first kappa shape index (κ1) is 21.0. The number of nitrogens with zero attached hydrogens (tertiary/aromatic N) is 3. The number of guanidine groups is 1. The van der Waals surface area contributed by atoms with Crippen molar-refractivity contribution in [2.24, 2.45) is 16.8 Å². The lowest BCUT2D eigenvalue weighted by Crippen LogP contribution is -2.51. The zero-order valence-electron chi connectivity index (χ0n) is 17.2. The van der Waals surface area contributed by atoms with E-state index in [4.69, 9.17) is 4.74 Å². The number of aliphatic imine (C=N–C) groups is 1. The molecule has 6 nitrogen and oxygen atoms in total. The van der Waals surface area contributed by atoms with Gasteiger partial charge in [0.05, 0.1) is 12.5 Å². The number of hydrogen-bond acceptors (Lipinski definition) is 4. The van der Waals surface area contributed by atoms with Crippen LogP contribution in [0.2, 0.25) is 0 Å². The fraction of sp³-hybridized carbons (Fsp3) is 0.900. The molecule has 0 bridgehead atoms. The maximum Gasteiger partial charge on any atom is 0.309 e. The molecule has 0 spiro atoms. The Bertz CT molecular complexity index is 453. The molecule has 0 aromatic heterocycles. The summed E-state index contributed by atoms with van der Waals surface area (Å²) in [5.74, 6) is 1.75. The fourth-order valence-corrected chi connectivity index (χ4v) is 4.41. The standard InChI is InChI=1S/C20H38N4O2/c1-5-26-19(25)17-11-13-24(14-12-17)20(21-2)22-15-18(23(3)4)16-9-7-6-8-10-16/h16-18H,5-15H2,1-4H3,(H,21,22). The van der Waals surface area contributed by atoms with Crippen LogP contribution in [-0.2, 0) is 9.53 Å². The van der Waals surface area contributed by atoms with E-state index in [1.54, 1.807) is 0 Å². The van der Waals surface area contributed by atoms with Gasteiger partial charge in [0, 0.05) is 32.7 Å². The highest BCUT2D eigenvalue weighted by Crippen LogP contribution is 2.28. The maximum absolute atomic E-state index is 11.9. The number of ether oxygens (including phenoxy) is 1. The highest BCUT2D eigenvalue weighted by Gasteiger charge is 2.29. The summed E-state index contributed by atoms with van der Waals surface area (Å²) < 4.78 is 5.17. The first-order valence-corrected chi connectivity index (χ1v) is 10.4. The van der Waals surface area contributed by atoms with Gasteiger partial charge in [-0.3, -0.25) is 9.79 Å². The third kappa shape index (κ3) is 5.86. The number of nitrogens with one attached hydrogen (secondary N) is 1. The normalized spacial score (nSPS) is 21.7. The number of carbonyl (C=O) groups is 1. The molecule has 0 aromatic carbocycles. The van der Waals surface area contributed by atoms with E-state index in [1.165, 1.54) is 32.1 Å². The molecule has 1 N–H and O–H groups in total. The largest absolute Gasteiger partial charge is 0.466 e. The molecule has 2 fully saturated rings. The first-order chi connectivity index (χ1) is 12.6. The van der Waals surface area contributed by atoms with E-state index in [9.17, 15) is 4.79 Å². The molecule has 2 aliphatic rings. The van der Waals surface area contributed by atoms with Crippen molar-refractivity contribution in [1.82, 2.24) is 15.1 Å². The van der Waals surface area contributed by atoms with Gasteiger partial charge in [-0.25, -0.2) is 0 Å². The second-order valence-corrected chi connectivity index (χ2v) is 7.87. The molecule has 1 saturated carbocycles. The van der Waals surface area contributed by atoms with Crippen molar-refractivity contribution in [3.63, 3.8) is 0 Å². The molecule has 6 heteroatoms. The molecule has 1 unspecified atom stereocenters. The van der Waals surface area contributed by atoms with Gasteiger partial charge in [-0.05, 0) is 52.6 Å². The molecule has 1 aliphatic heterocycles. The molecule has 0 amide bonds. The molecule has 1 saturated heterocycles. The summed E-state index contributed by atoms with van der Waals surface area (Å²) in [5, 5.41) is 3.61. The molecule has 26 heavy (non-hydrogen) atoms. The molecular formula is C20H38N4O2. The molecule has 1 heterocycles. The molecule has 0 aromatic rings. The van der Waals surface area contributed by atoms with Gasteiger partial charge >= 0.3 is 5.97 Å². The Kier molecular flexibility index (Phi) is 8.69. The number of likely N-dealkylation sites (N-methyl/N-ethyl adjacent to an activating group) is 1. The Morgan fingerprint density at radius 2 is 1.85 bits per heavy atom. The van der Waals surface area contributed by atoms with Crippen LogP contribution < -0.4 is 5.32 Å². The van der Waals surface area contributed by atoms with Crippen molar-refractivity contribution in [1.29, 1.82) is 0 Å². The fourth-order valence-electron chi connectivity index (χ4n) is 4.41. The molecular weight excluding hydrogens is 328 g/mol. The number of likely N-dealkylation sites (tertiary alicyclic amines) is 1. The first-order valence-electron chi connectivity index (χ1n) is 10.4. The molecule has 2 rings (SSSR count). The van der Waals surface area contributed by atoms with Gasteiger partial charge in [0.25, 0.3) is 0 Å². The Labute approximate surface area is 159 Å². The highest BCUT2D eigenvalue weighted by molar-refractivity contribution is 5.80. The van der Waals surface area contributed by atoms with Gasteiger partial charge in [-0.2, -0.15) is 0 Å². The minimum Gasteiger partial charge on any atom is -0.466 e. The van der Waals surface area contributed by atoms with Crippen LogP contribution in [0.3, 0.4) is 0 Å². The average molecular weight is 367 g/mol. The minimum absolute atomic E-state index is 0.0416. The second kappa shape index (κ2) is 10.8. The predicted molar refractivity (Wildman–Crippen MR) is 106 cm³/mol. The van der Waals surface area contributed by atoms with Crippen molar-refractivity contribution in [3.8, 4) is 0 Å².